The van der Waals surface area contributed by atoms with Crippen molar-refractivity contribution in [2.45, 2.75) is 13.3 Å². The normalized spacial score (nSPS) is 10.8. The van der Waals surface area contributed by atoms with Crippen LogP contribution in [-0.4, -0.2) is 0 Å². The Hall–Kier alpha value is -2.35. The number of hydrogen-bond donors (Lipinski definition) is 0. The Balaban J connectivity index is 2.05. The van der Waals surface area contributed by atoms with Gasteiger partial charge in [0.25, 0.3) is 0 Å². The molecule has 0 saturated heterocycles. The lowest BCUT2D eigenvalue weighted by molar-refractivity contribution is 0.559. The van der Waals surface area contributed by atoms with Gasteiger partial charge >= 0.3 is 5.63 Å². The molecule has 0 unspecified atom stereocenters. The Morgan fingerprint density at radius 2 is 1.74 bits per heavy atom. The van der Waals surface area contributed by atoms with Crippen molar-refractivity contribution >= 4 is 11.0 Å². The van der Waals surface area contributed by atoms with E-state index in [1.165, 1.54) is 11.6 Å². The van der Waals surface area contributed by atoms with Crippen molar-refractivity contribution in [2.75, 3.05) is 0 Å². The lowest BCUT2D eigenvalue weighted by Crippen LogP contribution is -1.98. The second kappa shape index (κ2) is 4.73. The van der Waals surface area contributed by atoms with Crippen molar-refractivity contribution < 1.29 is 4.42 Å². The average Bonchev–Trinajstić information content (AvgIpc) is 2.39. The van der Waals surface area contributed by atoms with Crippen LogP contribution in [0.25, 0.3) is 11.0 Å². The predicted molar refractivity (Wildman–Crippen MR) is 76.5 cm³/mol. The standard InChI is InChI=1S/C17H14O2/c1-12-9-17(18)19-16-11-14(7-8-15(12)16)10-13-5-3-2-4-6-13/h2-9,11H,10H2,1H3. The molecule has 0 saturated carbocycles. The van der Waals surface area contributed by atoms with Gasteiger partial charge in [0.15, 0.2) is 0 Å². The first-order valence-corrected chi connectivity index (χ1v) is 6.30. The number of fused-ring (bicyclic) bond motifs is 1. The highest BCUT2D eigenvalue weighted by atomic mass is 16.4. The van der Waals surface area contributed by atoms with E-state index in [4.69, 9.17) is 4.42 Å². The van der Waals surface area contributed by atoms with E-state index in [0.717, 1.165) is 22.9 Å². The Labute approximate surface area is 111 Å². The molecule has 1 aromatic heterocycles. The zero-order valence-electron chi connectivity index (χ0n) is 10.7. The molecular weight excluding hydrogens is 236 g/mol. The smallest absolute Gasteiger partial charge is 0.336 e. The quantitative estimate of drug-likeness (QED) is 0.649. The summed E-state index contributed by atoms with van der Waals surface area (Å²) in [6.45, 7) is 1.93. The minimum Gasteiger partial charge on any atom is -0.423 e. The molecular formula is C17H14O2. The third-order valence-corrected chi connectivity index (χ3v) is 3.27. The van der Waals surface area contributed by atoms with E-state index in [1.54, 1.807) is 0 Å². The average molecular weight is 250 g/mol. The molecule has 0 fully saturated rings. The molecule has 19 heavy (non-hydrogen) atoms. The van der Waals surface area contributed by atoms with Gasteiger partial charge in [-0.15, -0.1) is 0 Å². The third-order valence-electron chi connectivity index (χ3n) is 3.27. The van der Waals surface area contributed by atoms with Crippen LogP contribution in [0.5, 0.6) is 0 Å². The molecule has 0 amide bonds. The first kappa shape index (κ1) is 11.7. The number of rotatable bonds is 2. The molecule has 0 bridgehead atoms. The summed E-state index contributed by atoms with van der Waals surface area (Å²) in [7, 11) is 0. The maximum atomic E-state index is 11.4. The van der Waals surface area contributed by atoms with E-state index in [0.29, 0.717) is 5.58 Å². The van der Waals surface area contributed by atoms with E-state index in [-0.39, 0.29) is 5.63 Å². The van der Waals surface area contributed by atoms with Crippen molar-refractivity contribution in [2.24, 2.45) is 0 Å². The fraction of sp³-hybridized carbons (Fsp3) is 0.118. The highest BCUT2D eigenvalue weighted by Gasteiger charge is 2.04. The van der Waals surface area contributed by atoms with Gasteiger partial charge in [-0.2, -0.15) is 0 Å². The highest BCUT2D eigenvalue weighted by Crippen LogP contribution is 2.19. The molecule has 1 heterocycles. The van der Waals surface area contributed by atoms with Gasteiger partial charge in [-0.3, -0.25) is 0 Å². The first-order valence-electron chi connectivity index (χ1n) is 6.30. The lowest BCUT2D eigenvalue weighted by atomic mass is 10.0. The molecule has 3 aromatic rings. The molecule has 94 valence electrons. The van der Waals surface area contributed by atoms with Crippen LogP contribution in [0, 0.1) is 6.92 Å². The van der Waals surface area contributed by atoms with Crippen LogP contribution in [-0.2, 0) is 6.42 Å². The zero-order valence-corrected chi connectivity index (χ0v) is 10.7. The molecule has 0 aliphatic carbocycles. The summed E-state index contributed by atoms with van der Waals surface area (Å²) in [6.07, 6.45) is 0.842. The van der Waals surface area contributed by atoms with Gasteiger partial charge in [0.1, 0.15) is 5.58 Å². The van der Waals surface area contributed by atoms with Gasteiger partial charge in [-0.05, 0) is 36.1 Å². The predicted octanol–water partition coefficient (Wildman–Crippen LogP) is 3.69. The van der Waals surface area contributed by atoms with Crippen LogP contribution in [0.4, 0.5) is 0 Å². The minimum absolute atomic E-state index is 0.290. The summed E-state index contributed by atoms with van der Waals surface area (Å²) < 4.78 is 5.27. The molecule has 2 aromatic carbocycles. The molecule has 0 radical (unpaired) electrons. The maximum Gasteiger partial charge on any atom is 0.336 e. The van der Waals surface area contributed by atoms with Crippen LogP contribution in [0.2, 0.25) is 0 Å². The van der Waals surface area contributed by atoms with Crippen molar-refractivity contribution in [1.82, 2.24) is 0 Å². The molecule has 0 spiro atoms. The van der Waals surface area contributed by atoms with E-state index in [2.05, 4.69) is 18.2 Å². The Morgan fingerprint density at radius 3 is 2.53 bits per heavy atom. The van der Waals surface area contributed by atoms with Crippen molar-refractivity contribution in [3.63, 3.8) is 0 Å². The molecule has 0 aliphatic rings. The van der Waals surface area contributed by atoms with Crippen LogP contribution < -0.4 is 5.63 Å². The fourth-order valence-corrected chi connectivity index (χ4v) is 2.31. The number of benzene rings is 2. The third kappa shape index (κ3) is 2.43. The monoisotopic (exact) mass is 250 g/mol. The molecule has 0 atom stereocenters. The van der Waals surface area contributed by atoms with Crippen LogP contribution >= 0.6 is 0 Å². The van der Waals surface area contributed by atoms with Gasteiger partial charge < -0.3 is 4.42 Å². The SMILES string of the molecule is Cc1cc(=O)oc2cc(Cc3ccccc3)ccc12. The van der Waals surface area contributed by atoms with E-state index in [9.17, 15) is 4.79 Å². The van der Waals surface area contributed by atoms with E-state index >= 15 is 0 Å². The Bertz CT molecular complexity index is 770. The molecule has 2 nitrogen and oxygen atoms in total. The van der Waals surface area contributed by atoms with Gasteiger partial charge in [0.2, 0.25) is 0 Å². The first-order chi connectivity index (χ1) is 9.22. The number of aryl methyl sites for hydroxylation is 1. The molecule has 0 aliphatic heterocycles. The highest BCUT2D eigenvalue weighted by molar-refractivity contribution is 5.80. The van der Waals surface area contributed by atoms with Crippen LogP contribution in [0.15, 0.2) is 63.8 Å². The molecule has 0 N–H and O–H groups in total. The summed E-state index contributed by atoms with van der Waals surface area (Å²) in [6, 6.07) is 17.8. The van der Waals surface area contributed by atoms with Crippen molar-refractivity contribution in [3.8, 4) is 0 Å². The Morgan fingerprint density at radius 1 is 0.947 bits per heavy atom. The second-order valence-corrected chi connectivity index (χ2v) is 4.74. The summed E-state index contributed by atoms with van der Waals surface area (Å²) in [4.78, 5) is 11.4. The van der Waals surface area contributed by atoms with Crippen LogP contribution in [0.1, 0.15) is 16.7 Å². The lowest BCUT2D eigenvalue weighted by Gasteiger charge is -2.05. The maximum absolute atomic E-state index is 11.4. The second-order valence-electron chi connectivity index (χ2n) is 4.74. The summed E-state index contributed by atoms with van der Waals surface area (Å²) in [5.41, 5.74) is 3.72. The minimum atomic E-state index is -0.290. The van der Waals surface area contributed by atoms with E-state index < -0.39 is 0 Å². The Kier molecular flexibility index (Phi) is 2.92. The largest absolute Gasteiger partial charge is 0.423 e. The zero-order chi connectivity index (χ0) is 13.2. The van der Waals surface area contributed by atoms with Crippen LogP contribution in [0.3, 0.4) is 0 Å². The topological polar surface area (TPSA) is 30.2 Å². The summed E-state index contributed by atoms with van der Waals surface area (Å²) in [5.74, 6) is 0. The number of hydrogen-bond acceptors (Lipinski definition) is 2. The van der Waals surface area contributed by atoms with Crippen molar-refractivity contribution in [3.05, 3.63) is 81.7 Å². The molecule has 2 heteroatoms. The molecule has 3 rings (SSSR count). The van der Waals surface area contributed by atoms with Gasteiger partial charge in [0, 0.05) is 11.5 Å². The van der Waals surface area contributed by atoms with Gasteiger partial charge in [-0.1, -0.05) is 42.5 Å². The van der Waals surface area contributed by atoms with Gasteiger partial charge in [-0.25, -0.2) is 4.79 Å². The van der Waals surface area contributed by atoms with Crippen molar-refractivity contribution in [1.29, 1.82) is 0 Å². The summed E-state index contributed by atoms with van der Waals surface area (Å²) >= 11 is 0. The fourth-order valence-electron chi connectivity index (χ4n) is 2.31. The summed E-state index contributed by atoms with van der Waals surface area (Å²) in [5, 5.41) is 0.997. The van der Waals surface area contributed by atoms with E-state index in [1.807, 2.05) is 37.3 Å². The van der Waals surface area contributed by atoms with Gasteiger partial charge in [0.05, 0.1) is 0 Å².